The van der Waals surface area contributed by atoms with E-state index in [0.29, 0.717) is 37.2 Å². The number of amides is 1. The highest BCUT2D eigenvalue weighted by atomic mass is 16.5. The second-order valence-electron chi connectivity index (χ2n) is 8.63. The average Bonchev–Trinajstić information content (AvgIpc) is 3.25. The summed E-state index contributed by atoms with van der Waals surface area (Å²) < 4.78 is 12.4. The predicted octanol–water partition coefficient (Wildman–Crippen LogP) is 4.21. The van der Waals surface area contributed by atoms with Crippen LogP contribution in [0.15, 0.2) is 55.0 Å². The molecule has 2 heterocycles. The second-order valence-corrected chi connectivity index (χ2v) is 8.63. The summed E-state index contributed by atoms with van der Waals surface area (Å²) in [4.78, 5) is 16.7. The number of nitrogens with one attached hydrogen (secondary N) is 1. The highest BCUT2D eigenvalue weighted by molar-refractivity contribution is 5.94. The smallest absolute Gasteiger partial charge is 0.251 e. The van der Waals surface area contributed by atoms with Crippen molar-refractivity contribution in [2.45, 2.75) is 31.6 Å². The number of hydrogen-bond donors (Lipinski definition) is 1. The van der Waals surface area contributed by atoms with E-state index in [0.717, 1.165) is 37.0 Å². The van der Waals surface area contributed by atoms with Gasteiger partial charge >= 0.3 is 0 Å². The molecule has 4 rings (SSSR count). The van der Waals surface area contributed by atoms with Gasteiger partial charge in [-0.1, -0.05) is 0 Å². The summed E-state index contributed by atoms with van der Waals surface area (Å²) in [7, 11) is 3.62. The zero-order valence-corrected chi connectivity index (χ0v) is 19.4. The van der Waals surface area contributed by atoms with E-state index in [9.17, 15) is 4.79 Å². The van der Waals surface area contributed by atoms with Gasteiger partial charge in [0.05, 0.1) is 12.3 Å². The van der Waals surface area contributed by atoms with Crippen molar-refractivity contribution in [3.63, 3.8) is 0 Å². The summed E-state index contributed by atoms with van der Waals surface area (Å²) in [6, 6.07) is 11.3. The SMILES string of the molecule is COCCOc1ccc(C(=O)NCC2CCC(c3nn(C)cc3-c3ccncc3)CC2)cc1. The van der Waals surface area contributed by atoms with Crippen LogP contribution in [0.2, 0.25) is 0 Å². The molecule has 0 spiro atoms. The van der Waals surface area contributed by atoms with Crippen LogP contribution >= 0.6 is 0 Å². The summed E-state index contributed by atoms with van der Waals surface area (Å²) in [5, 5.41) is 7.90. The van der Waals surface area contributed by atoms with E-state index in [2.05, 4.69) is 16.5 Å². The Hall–Kier alpha value is -3.19. The zero-order chi connectivity index (χ0) is 23.0. The van der Waals surface area contributed by atoms with Crippen molar-refractivity contribution in [2.24, 2.45) is 13.0 Å². The first-order valence-electron chi connectivity index (χ1n) is 11.6. The standard InChI is InChI=1S/C26H32N4O3/c1-30-18-24(20-11-13-27-14-12-20)25(29-30)21-5-3-19(4-6-21)17-28-26(31)22-7-9-23(10-8-22)33-16-15-32-2/h7-14,18-19,21H,3-6,15-17H2,1-2H3,(H,28,31). The van der Waals surface area contributed by atoms with Gasteiger partial charge in [0, 0.05) is 56.3 Å². The highest BCUT2D eigenvalue weighted by Gasteiger charge is 2.27. The van der Waals surface area contributed by atoms with E-state index in [1.165, 1.54) is 11.3 Å². The number of methoxy groups -OCH3 is 1. The van der Waals surface area contributed by atoms with Gasteiger partial charge in [-0.2, -0.15) is 5.10 Å². The van der Waals surface area contributed by atoms with Crippen molar-refractivity contribution in [3.05, 3.63) is 66.2 Å². The summed E-state index contributed by atoms with van der Waals surface area (Å²) in [5.74, 6) is 1.65. The Morgan fingerprint density at radius 3 is 2.48 bits per heavy atom. The van der Waals surface area contributed by atoms with E-state index in [4.69, 9.17) is 14.6 Å². The fourth-order valence-electron chi connectivity index (χ4n) is 4.49. The lowest BCUT2D eigenvalue weighted by Gasteiger charge is -2.28. The molecule has 174 valence electrons. The number of carbonyl (C=O) groups is 1. The summed E-state index contributed by atoms with van der Waals surface area (Å²) in [5.41, 5.74) is 4.20. The highest BCUT2D eigenvalue weighted by Crippen LogP contribution is 2.39. The lowest BCUT2D eigenvalue weighted by molar-refractivity contribution is 0.0942. The number of ether oxygens (including phenoxy) is 2. The van der Waals surface area contributed by atoms with Crippen LogP contribution in [0.1, 0.15) is 47.7 Å². The molecule has 0 bridgehead atoms. The van der Waals surface area contributed by atoms with Gasteiger partial charge in [0.25, 0.3) is 5.91 Å². The average molecular weight is 449 g/mol. The molecule has 1 N–H and O–H groups in total. The molecule has 0 unspecified atom stereocenters. The van der Waals surface area contributed by atoms with Gasteiger partial charge < -0.3 is 14.8 Å². The molecule has 1 aliphatic carbocycles. The fourth-order valence-corrected chi connectivity index (χ4v) is 4.49. The number of aryl methyl sites for hydroxylation is 1. The third-order valence-electron chi connectivity index (χ3n) is 6.31. The molecule has 3 aromatic rings. The van der Waals surface area contributed by atoms with E-state index in [1.807, 2.05) is 48.4 Å². The summed E-state index contributed by atoms with van der Waals surface area (Å²) in [6.45, 7) is 1.74. The van der Waals surface area contributed by atoms with Gasteiger partial charge in [-0.05, 0) is 73.6 Å². The van der Waals surface area contributed by atoms with Crippen LogP contribution in [0.4, 0.5) is 0 Å². The van der Waals surface area contributed by atoms with E-state index < -0.39 is 0 Å². The van der Waals surface area contributed by atoms with Crippen molar-refractivity contribution in [1.82, 2.24) is 20.1 Å². The van der Waals surface area contributed by atoms with Crippen molar-refractivity contribution in [2.75, 3.05) is 26.9 Å². The molecule has 1 saturated carbocycles. The van der Waals surface area contributed by atoms with E-state index in [1.54, 1.807) is 19.2 Å². The molecule has 33 heavy (non-hydrogen) atoms. The van der Waals surface area contributed by atoms with Crippen LogP contribution in [0.5, 0.6) is 5.75 Å². The van der Waals surface area contributed by atoms with Gasteiger partial charge in [-0.3, -0.25) is 14.5 Å². The minimum atomic E-state index is -0.0368. The van der Waals surface area contributed by atoms with Crippen molar-refractivity contribution < 1.29 is 14.3 Å². The Labute approximate surface area is 195 Å². The molecule has 0 saturated heterocycles. The van der Waals surface area contributed by atoms with Crippen LogP contribution in [-0.4, -0.2) is 47.5 Å². The molecule has 0 atom stereocenters. The molecule has 2 aromatic heterocycles. The first-order chi connectivity index (χ1) is 16.1. The van der Waals surface area contributed by atoms with Crippen LogP contribution < -0.4 is 10.1 Å². The molecule has 0 radical (unpaired) electrons. The first-order valence-corrected chi connectivity index (χ1v) is 11.6. The number of pyridine rings is 1. The second kappa shape index (κ2) is 11.1. The predicted molar refractivity (Wildman–Crippen MR) is 127 cm³/mol. The number of aromatic nitrogens is 3. The number of rotatable bonds is 9. The Bertz CT molecular complexity index is 1030. The molecule has 1 aliphatic rings. The fraction of sp³-hybridized carbons (Fsp3) is 0.423. The third-order valence-corrected chi connectivity index (χ3v) is 6.31. The maximum atomic E-state index is 12.6. The number of hydrogen-bond acceptors (Lipinski definition) is 5. The molecule has 1 amide bonds. The normalized spacial score (nSPS) is 18.1. The van der Waals surface area contributed by atoms with Gasteiger partial charge in [-0.25, -0.2) is 0 Å². The van der Waals surface area contributed by atoms with Crippen molar-refractivity contribution >= 4 is 5.91 Å². The third kappa shape index (κ3) is 5.99. The molecule has 7 heteroatoms. The number of nitrogens with zero attached hydrogens (tertiary/aromatic N) is 3. The largest absolute Gasteiger partial charge is 0.491 e. The minimum absolute atomic E-state index is 0.0368. The molecule has 0 aliphatic heterocycles. The maximum absolute atomic E-state index is 12.6. The Kier molecular flexibility index (Phi) is 7.73. The topological polar surface area (TPSA) is 78.3 Å². The Morgan fingerprint density at radius 1 is 1.06 bits per heavy atom. The minimum Gasteiger partial charge on any atom is -0.491 e. The quantitative estimate of drug-likeness (QED) is 0.496. The molecular weight excluding hydrogens is 416 g/mol. The molecular formula is C26H32N4O3. The molecule has 1 aromatic carbocycles. The lowest BCUT2D eigenvalue weighted by Crippen LogP contribution is -2.31. The number of carbonyl (C=O) groups excluding carboxylic acids is 1. The van der Waals surface area contributed by atoms with Gasteiger partial charge in [0.2, 0.25) is 0 Å². The van der Waals surface area contributed by atoms with Gasteiger partial charge in [0.15, 0.2) is 0 Å². The van der Waals surface area contributed by atoms with Crippen LogP contribution in [0.25, 0.3) is 11.1 Å². The maximum Gasteiger partial charge on any atom is 0.251 e. The first kappa shape index (κ1) is 23.0. The summed E-state index contributed by atoms with van der Waals surface area (Å²) >= 11 is 0. The van der Waals surface area contributed by atoms with Crippen molar-refractivity contribution in [3.8, 4) is 16.9 Å². The lowest BCUT2D eigenvalue weighted by atomic mass is 9.79. The Morgan fingerprint density at radius 2 is 1.79 bits per heavy atom. The van der Waals surface area contributed by atoms with Crippen LogP contribution in [0.3, 0.4) is 0 Å². The van der Waals surface area contributed by atoms with E-state index in [-0.39, 0.29) is 5.91 Å². The number of benzene rings is 1. The van der Waals surface area contributed by atoms with Gasteiger partial charge in [0.1, 0.15) is 12.4 Å². The summed E-state index contributed by atoms with van der Waals surface area (Å²) in [6.07, 6.45) is 10.1. The Balaban J connectivity index is 1.27. The molecule has 1 fully saturated rings. The molecule has 7 nitrogen and oxygen atoms in total. The van der Waals surface area contributed by atoms with Crippen LogP contribution in [0, 0.1) is 5.92 Å². The zero-order valence-electron chi connectivity index (χ0n) is 19.4. The van der Waals surface area contributed by atoms with E-state index >= 15 is 0 Å². The van der Waals surface area contributed by atoms with Crippen LogP contribution in [-0.2, 0) is 11.8 Å². The van der Waals surface area contributed by atoms with Crippen molar-refractivity contribution in [1.29, 1.82) is 0 Å². The van der Waals surface area contributed by atoms with Gasteiger partial charge in [-0.15, -0.1) is 0 Å². The monoisotopic (exact) mass is 448 g/mol.